The van der Waals surface area contributed by atoms with Crippen LogP contribution in [0.4, 0.5) is 10.3 Å². The summed E-state index contributed by atoms with van der Waals surface area (Å²) in [6.07, 6.45) is -6.23. The molecule has 0 radical (unpaired) electrons. The monoisotopic (exact) mass is 473 g/mol. The normalized spacial score (nSPS) is 23.9. The van der Waals surface area contributed by atoms with E-state index in [9.17, 15) is 14.4 Å². The second kappa shape index (κ2) is 9.41. The summed E-state index contributed by atoms with van der Waals surface area (Å²) in [6.45, 7) is 6.11. The van der Waals surface area contributed by atoms with Crippen LogP contribution in [-0.4, -0.2) is 55.5 Å². The number of aromatic nitrogens is 4. The molecule has 1 unspecified atom stereocenters. The standard InChI is InChI=1S/C19H25ClFN5O6/c1-5-7-25-12-15(20)23-18(22)24-16(12)26(19(25)29)17-14(31-9(4)28)11(21)13(32-17)10(6-2)30-8(3)27/h10-11,13-14,17H,5-7H2,1-4H3,(H2,22,23,24)/t10?,11-,13+,14+,17+/m0/s1. The molecule has 5 atom stereocenters. The number of rotatable bonds is 7. The van der Waals surface area contributed by atoms with E-state index in [4.69, 9.17) is 31.5 Å². The summed E-state index contributed by atoms with van der Waals surface area (Å²) in [5, 5.41) is -0.0569. The Hall–Kier alpha value is -2.73. The summed E-state index contributed by atoms with van der Waals surface area (Å²) >= 11 is 6.24. The summed E-state index contributed by atoms with van der Waals surface area (Å²) < 4.78 is 34.1. The lowest BCUT2D eigenvalue weighted by atomic mass is 10.0. The van der Waals surface area contributed by atoms with Gasteiger partial charge in [-0.25, -0.2) is 13.8 Å². The molecule has 3 rings (SSSR count). The Labute approximate surface area is 187 Å². The van der Waals surface area contributed by atoms with Crippen LogP contribution in [0.25, 0.3) is 11.2 Å². The molecule has 1 saturated heterocycles. The van der Waals surface area contributed by atoms with Gasteiger partial charge in [-0.15, -0.1) is 0 Å². The average Bonchev–Trinajstić information content (AvgIpc) is 3.14. The average molecular weight is 474 g/mol. The molecular weight excluding hydrogens is 449 g/mol. The molecule has 0 saturated carbocycles. The zero-order valence-electron chi connectivity index (χ0n) is 18.1. The van der Waals surface area contributed by atoms with E-state index in [0.717, 1.165) is 11.5 Å². The summed E-state index contributed by atoms with van der Waals surface area (Å²) in [4.78, 5) is 44.5. The van der Waals surface area contributed by atoms with Crippen LogP contribution in [0.3, 0.4) is 0 Å². The van der Waals surface area contributed by atoms with Crippen molar-refractivity contribution in [1.82, 2.24) is 19.1 Å². The van der Waals surface area contributed by atoms with Crippen LogP contribution in [0, 0.1) is 0 Å². The molecule has 176 valence electrons. The maximum atomic E-state index is 15.5. The summed E-state index contributed by atoms with van der Waals surface area (Å²) in [7, 11) is 0. The molecule has 13 heteroatoms. The van der Waals surface area contributed by atoms with Crippen LogP contribution in [0.5, 0.6) is 0 Å². The minimum atomic E-state index is -1.89. The van der Waals surface area contributed by atoms with Gasteiger partial charge < -0.3 is 19.9 Å². The molecule has 11 nitrogen and oxygen atoms in total. The van der Waals surface area contributed by atoms with Crippen molar-refractivity contribution >= 4 is 40.7 Å². The van der Waals surface area contributed by atoms with Crippen LogP contribution in [0.1, 0.15) is 46.8 Å². The molecule has 1 aliphatic heterocycles. The van der Waals surface area contributed by atoms with Gasteiger partial charge in [0.15, 0.2) is 29.3 Å². The third kappa shape index (κ3) is 4.29. The van der Waals surface area contributed by atoms with Gasteiger partial charge in [0, 0.05) is 20.4 Å². The molecule has 32 heavy (non-hydrogen) atoms. The summed E-state index contributed by atoms with van der Waals surface area (Å²) in [5.41, 5.74) is 5.33. The van der Waals surface area contributed by atoms with Crippen molar-refractivity contribution < 1.29 is 28.2 Å². The van der Waals surface area contributed by atoms with Crippen molar-refractivity contribution in [3.05, 3.63) is 15.6 Å². The molecule has 1 fully saturated rings. The Morgan fingerprint density at radius 1 is 1.28 bits per heavy atom. The number of fused-ring (bicyclic) bond motifs is 1. The van der Waals surface area contributed by atoms with Crippen LogP contribution < -0.4 is 11.4 Å². The van der Waals surface area contributed by atoms with Crippen LogP contribution in [0.2, 0.25) is 5.15 Å². The van der Waals surface area contributed by atoms with Gasteiger partial charge in [0.2, 0.25) is 5.95 Å². The molecule has 2 N–H and O–H groups in total. The van der Waals surface area contributed by atoms with E-state index in [1.807, 2.05) is 6.92 Å². The fourth-order valence-corrected chi connectivity index (χ4v) is 4.15. The molecule has 0 bridgehead atoms. The largest absolute Gasteiger partial charge is 0.460 e. The Kier molecular flexibility index (Phi) is 7.03. The molecular formula is C19H25ClFN5O6. The minimum absolute atomic E-state index is 0.0106. The zero-order valence-corrected chi connectivity index (χ0v) is 18.8. The van der Waals surface area contributed by atoms with Crippen molar-refractivity contribution in [3.63, 3.8) is 0 Å². The number of nitrogens with zero attached hydrogens (tertiary/aromatic N) is 4. The molecule has 3 heterocycles. The number of ether oxygens (including phenoxy) is 3. The molecule has 0 spiro atoms. The van der Waals surface area contributed by atoms with Gasteiger partial charge >= 0.3 is 17.6 Å². The Balaban J connectivity index is 2.19. The number of hydrogen-bond donors (Lipinski definition) is 1. The van der Waals surface area contributed by atoms with Gasteiger partial charge in [-0.05, 0) is 12.8 Å². The van der Waals surface area contributed by atoms with Crippen molar-refractivity contribution in [2.75, 3.05) is 5.73 Å². The lowest BCUT2D eigenvalue weighted by molar-refractivity contribution is -0.159. The first kappa shape index (κ1) is 23.9. The van der Waals surface area contributed by atoms with Crippen molar-refractivity contribution in [1.29, 1.82) is 0 Å². The Bertz CT molecular complexity index is 1090. The quantitative estimate of drug-likeness (QED) is 0.470. The van der Waals surface area contributed by atoms with E-state index < -0.39 is 48.3 Å². The van der Waals surface area contributed by atoms with E-state index in [2.05, 4.69) is 9.97 Å². The first-order chi connectivity index (χ1) is 15.1. The zero-order chi connectivity index (χ0) is 23.7. The number of nitrogens with two attached hydrogens (primary N) is 1. The SMILES string of the molecule is CCCn1c(=O)n([C@@H]2O[C@H](C(CC)OC(C)=O)[C@H](F)[C@H]2OC(C)=O)c2nc(N)nc(Cl)c21. The second-order valence-corrected chi connectivity index (χ2v) is 7.77. The Morgan fingerprint density at radius 2 is 1.97 bits per heavy atom. The van der Waals surface area contributed by atoms with E-state index in [-0.39, 0.29) is 35.2 Å². The van der Waals surface area contributed by atoms with Crippen LogP contribution in [-0.2, 0) is 30.3 Å². The first-order valence-electron chi connectivity index (χ1n) is 10.2. The van der Waals surface area contributed by atoms with Gasteiger partial charge in [0.1, 0.15) is 17.7 Å². The molecule has 2 aromatic rings. The highest BCUT2D eigenvalue weighted by atomic mass is 35.5. The topological polar surface area (TPSA) is 141 Å². The molecule has 0 aliphatic carbocycles. The van der Waals surface area contributed by atoms with E-state index in [1.165, 1.54) is 11.5 Å². The van der Waals surface area contributed by atoms with Gasteiger partial charge in [-0.3, -0.25) is 14.2 Å². The van der Waals surface area contributed by atoms with Crippen LogP contribution >= 0.6 is 11.6 Å². The minimum Gasteiger partial charge on any atom is -0.460 e. The smallest absolute Gasteiger partial charge is 0.332 e. The molecule has 2 aromatic heterocycles. The first-order valence-corrected chi connectivity index (χ1v) is 10.6. The number of carbonyl (C=O) groups is 2. The summed E-state index contributed by atoms with van der Waals surface area (Å²) in [5.74, 6) is -1.60. The number of nitrogen functional groups attached to an aromatic ring is 1. The molecule has 1 aliphatic rings. The number of carbonyl (C=O) groups excluding carboxylic acids is 2. The third-order valence-corrected chi connectivity index (χ3v) is 5.33. The fourth-order valence-electron chi connectivity index (χ4n) is 3.88. The van der Waals surface area contributed by atoms with Gasteiger partial charge in [0.25, 0.3) is 0 Å². The highest BCUT2D eigenvalue weighted by molar-refractivity contribution is 6.33. The number of halogens is 2. The van der Waals surface area contributed by atoms with E-state index in [1.54, 1.807) is 6.92 Å². The number of imidazole rings is 1. The van der Waals surface area contributed by atoms with E-state index in [0.29, 0.717) is 6.42 Å². The lowest BCUT2D eigenvalue weighted by Gasteiger charge is -2.23. The highest BCUT2D eigenvalue weighted by Gasteiger charge is 2.53. The predicted octanol–water partition coefficient (Wildman–Crippen LogP) is 1.75. The molecule has 0 amide bonds. The third-order valence-electron chi connectivity index (χ3n) is 5.07. The maximum Gasteiger partial charge on any atom is 0.332 e. The highest BCUT2D eigenvalue weighted by Crippen LogP contribution is 2.38. The Morgan fingerprint density at radius 3 is 2.53 bits per heavy atom. The predicted molar refractivity (Wildman–Crippen MR) is 112 cm³/mol. The van der Waals surface area contributed by atoms with Crippen molar-refractivity contribution in [2.45, 2.75) is 77.8 Å². The van der Waals surface area contributed by atoms with Gasteiger partial charge in [-0.1, -0.05) is 25.4 Å². The lowest BCUT2D eigenvalue weighted by Crippen LogP contribution is -2.39. The number of anilines is 1. The van der Waals surface area contributed by atoms with Crippen LogP contribution in [0.15, 0.2) is 4.79 Å². The maximum absolute atomic E-state index is 15.5. The number of esters is 2. The number of aryl methyl sites for hydroxylation is 1. The van der Waals surface area contributed by atoms with Crippen molar-refractivity contribution in [3.8, 4) is 0 Å². The number of alkyl halides is 1. The van der Waals surface area contributed by atoms with Gasteiger partial charge in [0.05, 0.1) is 0 Å². The van der Waals surface area contributed by atoms with Gasteiger partial charge in [-0.2, -0.15) is 9.97 Å². The van der Waals surface area contributed by atoms with E-state index >= 15 is 4.39 Å². The fraction of sp³-hybridized carbons (Fsp3) is 0.632. The summed E-state index contributed by atoms with van der Waals surface area (Å²) in [6, 6.07) is 0. The van der Waals surface area contributed by atoms with Crippen molar-refractivity contribution in [2.24, 2.45) is 0 Å². The molecule has 0 aromatic carbocycles. The number of hydrogen-bond acceptors (Lipinski definition) is 9. The second-order valence-electron chi connectivity index (χ2n) is 7.41.